The molecule has 0 bridgehead atoms. The van der Waals surface area contributed by atoms with Crippen LogP contribution in [0.25, 0.3) is 0 Å². The van der Waals surface area contributed by atoms with Gasteiger partial charge in [0.25, 0.3) is 0 Å². The Morgan fingerprint density at radius 3 is 2.05 bits per heavy atom. The minimum atomic E-state index is 0.299. The Kier molecular flexibility index (Phi) is 7.41. The summed E-state index contributed by atoms with van der Waals surface area (Å²) in [7, 11) is 2.19. The molecule has 2 atom stereocenters. The molecular weight excluding hydrogens is 256 g/mol. The standard InChI is InChI=1S/C19H34N2/c1-14(2)13-17-7-9-18(10-8-17)16(5)21(6)12-11-19(20)15(3)4/h7-10,14-16,19H,11-13,20H2,1-6H3. The molecule has 0 aliphatic heterocycles. The molecule has 2 heteroatoms. The second-order valence-electron chi connectivity index (χ2n) is 7.19. The normalized spacial score (nSPS) is 15.0. The molecule has 0 aromatic heterocycles. The first-order valence-corrected chi connectivity index (χ1v) is 8.36. The maximum Gasteiger partial charge on any atom is 0.0316 e. The lowest BCUT2D eigenvalue weighted by Crippen LogP contribution is -2.32. The summed E-state index contributed by atoms with van der Waals surface area (Å²) in [6, 6.07) is 9.85. The lowest BCUT2D eigenvalue weighted by Gasteiger charge is -2.27. The van der Waals surface area contributed by atoms with Gasteiger partial charge in [0.05, 0.1) is 0 Å². The van der Waals surface area contributed by atoms with Gasteiger partial charge in [0.1, 0.15) is 0 Å². The fourth-order valence-corrected chi connectivity index (χ4v) is 2.54. The van der Waals surface area contributed by atoms with E-state index in [-0.39, 0.29) is 0 Å². The van der Waals surface area contributed by atoms with Gasteiger partial charge in [-0.25, -0.2) is 0 Å². The topological polar surface area (TPSA) is 29.3 Å². The molecule has 0 spiro atoms. The van der Waals surface area contributed by atoms with Crippen LogP contribution in [0.2, 0.25) is 0 Å². The van der Waals surface area contributed by atoms with Gasteiger partial charge in [-0.15, -0.1) is 0 Å². The molecule has 0 amide bonds. The van der Waals surface area contributed by atoms with E-state index in [0.717, 1.165) is 19.4 Å². The Morgan fingerprint density at radius 1 is 1.00 bits per heavy atom. The number of nitrogens with zero attached hydrogens (tertiary/aromatic N) is 1. The zero-order chi connectivity index (χ0) is 16.0. The molecule has 0 saturated heterocycles. The fourth-order valence-electron chi connectivity index (χ4n) is 2.54. The van der Waals surface area contributed by atoms with Crippen molar-refractivity contribution >= 4 is 0 Å². The Labute approximate surface area is 131 Å². The summed E-state index contributed by atoms with van der Waals surface area (Å²) < 4.78 is 0. The van der Waals surface area contributed by atoms with E-state index < -0.39 is 0 Å². The Bertz CT molecular complexity index is 395. The summed E-state index contributed by atoms with van der Waals surface area (Å²) in [5.41, 5.74) is 8.97. The minimum absolute atomic E-state index is 0.299. The van der Waals surface area contributed by atoms with E-state index in [4.69, 9.17) is 5.73 Å². The van der Waals surface area contributed by atoms with Crippen molar-refractivity contribution in [3.8, 4) is 0 Å². The first-order valence-electron chi connectivity index (χ1n) is 8.36. The number of nitrogens with two attached hydrogens (primary N) is 1. The monoisotopic (exact) mass is 290 g/mol. The predicted molar refractivity (Wildman–Crippen MR) is 93.5 cm³/mol. The van der Waals surface area contributed by atoms with Crippen molar-refractivity contribution in [3.63, 3.8) is 0 Å². The van der Waals surface area contributed by atoms with Crippen molar-refractivity contribution in [2.24, 2.45) is 17.6 Å². The zero-order valence-electron chi connectivity index (χ0n) is 14.8. The number of rotatable bonds is 8. The summed E-state index contributed by atoms with van der Waals surface area (Å²) in [5, 5.41) is 0. The highest BCUT2D eigenvalue weighted by molar-refractivity contribution is 5.25. The first-order chi connectivity index (χ1) is 9.81. The van der Waals surface area contributed by atoms with Crippen molar-refractivity contribution in [1.82, 2.24) is 4.90 Å². The largest absolute Gasteiger partial charge is 0.327 e. The van der Waals surface area contributed by atoms with Crippen molar-refractivity contribution in [1.29, 1.82) is 0 Å². The Morgan fingerprint density at radius 2 is 1.57 bits per heavy atom. The second kappa shape index (κ2) is 8.55. The van der Waals surface area contributed by atoms with E-state index in [0.29, 0.717) is 23.9 Å². The first kappa shape index (κ1) is 18.2. The van der Waals surface area contributed by atoms with Crippen molar-refractivity contribution < 1.29 is 0 Å². The molecule has 1 rings (SSSR count). The molecule has 0 fully saturated rings. The third-order valence-corrected chi connectivity index (χ3v) is 4.44. The van der Waals surface area contributed by atoms with E-state index in [9.17, 15) is 0 Å². The van der Waals surface area contributed by atoms with Gasteiger partial charge in [0, 0.05) is 12.1 Å². The lowest BCUT2D eigenvalue weighted by atomic mass is 9.98. The maximum atomic E-state index is 6.14. The van der Waals surface area contributed by atoms with Crippen molar-refractivity contribution in [2.75, 3.05) is 13.6 Å². The quantitative estimate of drug-likeness (QED) is 0.775. The number of hydrogen-bond acceptors (Lipinski definition) is 2. The van der Waals surface area contributed by atoms with Gasteiger partial charge in [-0.1, -0.05) is 52.0 Å². The summed E-state index contributed by atoms with van der Waals surface area (Å²) in [5.74, 6) is 1.28. The van der Waals surface area contributed by atoms with Gasteiger partial charge >= 0.3 is 0 Å². The highest BCUT2D eigenvalue weighted by Gasteiger charge is 2.14. The van der Waals surface area contributed by atoms with Crippen LogP contribution in [0, 0.1) is 11.8 Å². The van der Waals surface area contributed by atoms with Crippen LogP contribution in [0.15, 0.2) is 24.3 Å². The minimum Gasteiger partial charge on any atom is -0.327 e. The van der Waals surface area contributed by atoms with Crippen LogP contribution >= 0.6 is 0 Å². The molecule has 2 nitrogen and oxygen atoms in total. The average Bonchev–Trinajstić information content (AvgIpc) is 2.43. The summed E-state index contributed by atoms with van der Waals surface area (Å²) in [6.45, 7) is 12.3. The van der Waals surface area contributed by atoms with Crippen LogP contribution in [0.4, 0.5) is 0 Å². The van der Waals surface area contributed by atoms with Crippen LogP contribution in [0.1, 0.15) is 58.2 Å². The zero-order valence-corrected chi connectivity index (χ0v) is 14.8. The van der Waals surface area contributed by atoms with Crippen LogP contribution in [0.3, 0.4) is 0 Å². The molecule has 0 radical (unpaired) electrons. The maximum absolute atomic E-state index is 6.14. The molecule has 1 aromatic rings. The van der Waals surface area contributed by atoms with Crippen LogP contribution in [0.5, 0.6) is 0 Å². The van der Waals surface area contributed by atoms with E-state index in [1.807, 2.05) is 0 Å². The molecule has 0 saturated carbocycles. The van der Waals surface area contributed by atoms with Gasteiger partial charge in [0.2, 0.25) is 0 Å². The Balaban J connectivity index is 2.55. The third kappa shape index (κ3) is 6.19. The van der Waals surface area contributed by atoms with E-state index >= 15 is 0 Å². The third-order valence-electron chi connectivity index (χ3n) is 4.44. The smallest absolute Gasteiger partial charge is 0.0316 e. The van der Waals surface area contributed by atoms with Gasteiger partial charge in [-0.2, -0.15) is 0 Å². The molecule has 21 heavy (non-hydrogen) atoms. The summed E-state index contributed by atoms with van der Waals surface area (Å²) >= 11 is 0. The molecule has 0 heterocycles. The van der Waals surface area contributed by atoms with Gasteiger partial charge in [0.15, 0.2) is 0 Å². The SMILES string of the molecule is CC(C)Cc1ccc(C(C)N(C)CCC(N)C(C)C)cc1. The van der Waals surface area contributed by atoms with E-state index in [1.165, 1.54) is 11.1 Å². The van der Waals surface area contributed by atoms with Gasteiger partial charge < -0.3 is 5.73 Å². The highest BCUT2D eigenvalue weighted by atomic mass is 15.1. The average molecular weight is 290 g/mol. The van der Waals surface area contributed by atoms with Gasteiger partial charge in [-0.05, 0) is 56.3 Å². The van der Waals surface area contributed by atoms with Crippen molar-refractivity contribution in [3.05, 3.63) is 35.4 Å². The van der Waals surface area contributed by atoms with E-state index in [2.05, 4.69) is 70.8 Å². The van der Waals surface area contributed by atoms with Crippen LogP contribution < -0.4 is 5.73 Å². The lowest BCUT2D eigenvalue weighted by molar-refractivity contribution is 0.243. The molecule has 2 unspecified atom stereocenters. The van der Waals surface area contributed by atoms with Crippen LogP contribution in [-0.4, -0.2) is 24.5 Å². The molecule has 0 aliphatic carbocycles. The fraction of sp³-hybridized carbons (Fsp3) is 0.684. The molecule has 1 aromatic carbocycles. The van der Waals surface area contributed by atoms with Crippen LogP contribution in [-0.2, 0) is 6.42 Å². The molecule has 2 N–H and O–H groups in total. The molecule has 120 valence electrons. The highest BCUT2D eigenvalue weighted by Crippen LogP contribution is 2.21. The second-order valence-corrected chi connectivity index (χ2v) is 7.19. The molecular formula is C19H34N2. The van der Waals surface area contributed by atoms with E-state index in [1.54, 1.807) is 0 Å². The molecule has 0 aliphatic rings. The van der Waals surface area contributed by atoms with Crippen molar-refractivity contribution in [2.45, 2.75) is 59.5 Å². The predicted octanol–water partition coefficient (Wildman–Crippen LogP) is 4.25. The van der Waals surface area contributed by atoms with Gasteiger partial charge in [-0.3, -0.25) is 4.90 Å². The number of hydrogen-bond donors (Lipinski definition) is 1. The summed E-state index contributed by atoms with van der Waals surface area (Å²) in [6.07, 6.45) is 2.22. The summed E-state index contributed by atoms with van der Waals surface area (Å²) in [4.78, 5) is 2.40. The Hall–Kier alpha value is -0.860. The number of benzene rings is 1.